The average molecular weight is 308 g/mol. The second-order valence-corrected chi connectivity index (χ2v) is 5.99. The number of pyridine rings is 1. The molecule has 2 rings (SSSR count). The van der Waals surface area contributed by atoms with Gasteiger partial charge in [-0.3, -0.25) is 0 Å². The summed E-state index contributed by atoms with van der Waals surface area (Å²) in [5.74, 6) is 1.55. The number of hydrogen-bond acceptors (Lipinski definition) is 3. The van der Waals surface area contributed by atoms with Crippen molar-refractivity contribution in [3.8, 4) is 0 Å². The van der Waals surface area contributed by atoms with Gasteiger partial charge in [0.25, 0.3) is 0 Å². The Kier molecular flexibility index (Phi) is 6.52. The lowest BCUT2D eigenvalue weighted by Crippen LogP contribution is -1.91. The summed E-state index contributed by atoms with van der Waals surface area (Å²) in [5, 5.41) is 0. The van der Waals surface area contributed by atoms with Gasteiger partial charge in [0.15, 0.2) is 0 Å². The number of benzene rings is 1. The van der Waals surface area contributed by atoms with Gasteiger partial charge >= 0.3 is 0 Å². The summed E-state index contributed by atoms with van der Waals surface area (Å²) in [4.78, 5) is 5.33. The number of aromatic nitrogens is 1. The second-order valence-electron chi connectivity index (χ2n) is 4.77. The highest BCUT2D eigenvalue weighted by Crippen LogP contribution is 2.20. The summed E-state index contributed by atoms with van der Waals surface area (Å²) in [7, 11) is 0. The zero-order chi connectivity index (χ0) is 15.6. The highest BCUT2D eigenvalue weighted by atomic mass is 32.2. The van der Waals surface area contributed by atoms with Gasteiger partial charge in [0.2, 0.25) is 0 Å². The van der Waals surface area contributed by atoms with Crippen molar-refractivity contribution in [2.24, 2.45) is 0 Å². The summed E-state index contributed by atoms with van der Waals surface area (Å²) in [6, 6.07) is 14.3. The van der Waals surface area contributed by atoms with Crippen molar-refractivity contribution in [3.63, 3.8) is 0 Å². The van der Waals surface area contributed by atoms with Crippen molar-refractivity contribution in [2.75, 3.05) is 5.73 Å². The molecule has 0 aliphatic carbocycles. The summed E-state index contributed by atoms with van der Waals surface area (Å²) in [5.41, 5.74) is 8.06. The number of thioether (sulfide) groups is 1. The molecule has 2 N–H and O–H groups in total. The number of nitrogen functional groups attached to an aromatic ring is 1. The Hall–Kier alpha value is -2.26. The lowest BCUT2D eigenvalue weighted by Gasteiger charge is -2.00. The quantitative estimate of drug-likeness (QED) is 0.757. The van der Waals surface area contributed by atoms with E-state index in [4.69, 9.17) is 5.73 Å². The first-order valence-corrected chi connectivity index (χ1v) is 8.13. The van der Waals surface area contributed by atoms with Crippen LogP contribution in [0.2, 0.25) is 0 Å². The Bertz CT molecular complexity index is 673. The van der Waals surface area contributed by atoms with Gasteiger partial charge in [-0.1, -0.05) is 60.7 Å². The lowest BCUT2D eigenvalue weighted by molar-refractivity contribution is 1.33. The van der Waals surface area contributed by atoms with E-state index in [-0.39, 0.29) is 0 Å². The summed E-state index contributed by atoms with van der Waals surface area (Å²) >= 11 is 1.84. The molecule has 0 aliphatic rings. The molecule has 112 valence electrons. The van der Waals surface area contributed by atoms with Gasteiger partial charge in [0.05, 0.1) is 0 Å². The first-order valence-electron chi connectivity index (χ1n) is 7.14. The van der Waals surface area contributed by atoms with Crippen LogP contribution in [0.25, 0.3) is 6.08 Å². The minimum Gasteiger partial charge on any atom is -0.383 e. The predicted molar refractivity (Wildman–Crippen MR) is 98.3 cm³/mol. The number of allylic oxidation sites excluding steroid dienone is 5. The van der Waals surface area contributed by atoms with E-state index in [0.29, 0.717) is 5.82 Å². The lowest BCUT2D eigenvalue weighted by atomic mass is 10.2. The summed E-state index contributed by atoms with van der Waals surface area (Å²) < 4.78 is 0. The predicted octanol–water partition coefficient (Wildman–Crippen LogP) is 5.07. The van der Waals surface area contributed by atoms with Crippen LogP contribution in [0, 0.1) is 0 Å². The Labute approximate surface area is 136 Å². The van der Waals surface area contributed by atoms with Crippen LogP contribution >= 0.6 is 11.8 Å². The molecule has 2 nitrogen and oxygen atoms in total. The molecule has 0 atom stereocenters. The van der Waals surface area contributed by atoms with Gasteiger partial charge in [0, 0.05) is 17.5 Å². The van der Waals surface area contributed by atoms with Crippen LogP contribution in [-0.4, -0.2) is 4.98 Å². The van der Waals surface area contributed by atoms with Crippen LogP contribution in [0.15, 0.2) is 77.9 Å². The molecule has 3 heteroatoms. The molecule has 2 aromatic rings. The third-order valence-corrected chi connectivity index (χ3v) is 4.08. The molecular formula is C19H20N2S. The maximum atomic E-state index is 5.78. The fourth-order valence-corrected chi connectivity index (χ4v) is 2.57. The first-order chi connectivity index (χ1) is 10.8. The maximum absolute atomic E-state index is 5.78. The third kappa shape index (κ3) is 5.62. The van der Waals surface area contributed by atoms with E-state index >= 15 is 0 Å². The van der Waals surface area contributed by atoms with E-state index in [0.717, 1.165) is 11.3 Å². The van der Waals surface area contributed by atoms with E-state index in [1.807, 2.05) is 54.3 Å². The first kappa shape index (κ1) is 16.1. The van der Waals surface area contributed by atoms with E-state index in [9.17, 15) is 0 Å². The van der Waals surface area contributed by atoms with Gasteiger partial charge in [-0.25, -0.2) is 4.98 Å². The van der Waals surface area contributed by atoms with Crippen molar-refractivity contribution >= 4 is 23.7 Å². The van der Waals surface area contributed by atoms with Gasteiger partial charge in [0.1, 0.15) is 5.82 Å². The van der Waals surface area contributed by atoms with Crippen molar-refractivity contribution < 1.29 is 0 Å². The van der Waals surface area contributed by atoms with Crippen LogP contribution < -0.4 is 5.73 Å². The molecule has 1 aromatic carbocycles. The molecule has 1 heterocycles. The fourth-order valence-electron chi connectivity index (χ4n) is 1.80. The Morgan fingerprint density at radius 2 is 1.91 bits per heavy atom. The molecule has 0 spiro atoms. The minimum atomic E-state index is 0.553. The largest absolute Gasteiger partial charge is 0.383 e. The molecule has 0 amide bonds. The van der Waals surface area contributed by atoms with Crippen molar-refractivity contribution in [1.29, 1.82) is 0 Å². The summed E-state index contributed by atoms with van der Waals surface area (Å²) in [6.07, 6.45) is 11.8. The van der Waals surface area contributed by atoms with Crippen molar-refractivity contribution in [1.82, 2.24) is 4.98 Å². The van der Waals surface area contributed by atoms with E-state index in [1.54, 1.807) is 6.20 Å². The van der Waals surface area contributed by atoms with E-state index in [1.165, 1.54) is 10.5 Å². The topological polar surface area (TPSA) is 38.9 Å². The molecular weight excluding hydrogens is 288 g/mol. The van der Waals surface area contributed by atoms with Crippen molar-refractivity contribution in [2.45, 2.75) is 12.7 Å². The van der Waals surface area contributed by atoms with E-state index in [2.05, 4.69) is 42.2 Å². The van der Waals surface area contributed by atoms with Gasteiger partial charge in [-0.05, 0) is 29.5 Å². The SMILES string of the molecule is C\C(=C/C=C\C=C\c1cccnc1N)SCc1ccccc1. The van der Waals surface area contributed by atoms with Crippen LogP contribution in [0.5, 0.6) is 0 Å². The zero-order valence-electron chi connectivity index (χ0n) is 12.6. The smallest absolute Gasteiger partial charge is 0.130 e. The van der Waals surface area contributed by atoms with Crippen LogP contribution in [0.3, 0.4) is 0 Å². The molecule has 0 aliphatic heterocycles. The number of anilines is 1. The van der Waals surface area contributed by atoms with Crippen molar-refractivity contribution in [3.05, 3.63) is 89.0 Å². The average Bonchev–Trinajstić information content (AvgIpc) is 2.55. The van der Waals surface area contributed by atoms with Gasteiger partial charge in [-0.15, -0.1) is 11.8 Å². The maximum Gasteiger partial charge on any atom is 0.130 e. The van der Waals surface area contributed by atoms with Crippen LogP contribution in [0.1, 0.15) is 18.1 Å². The Morgan fingerprint density at radius 1 is 1.09 bits per heavy atom. The zero-order valence-corrected chi connectivity index (χ0v) is 13.5. The standard InChI is InChI=1S/C19H20N2S/c1-16(22-15-17-10-5-3-6-11-17)9-4-2-7-12-18-13-8-14-21-19(18)20/h2-14H,15H2,1H3,(H2,20,21)/b4-2-,12-7+,16-9+. The number of nitrogens with two attached hydrogens (primary N) is 1. The molecule has 0 radical (unpaired) electrons. The fraction of sp³-hybridized carbons (Fsp3) is 0.105. The van der Waals surface area contributed by atoms with Gasteiger partial charge in [-0.2, -0.15) is 0 Å². The number of rotatable bonds is 6. The normalized spacial score (nSPS) is 12.3. The Morgan fingerprint density at radius 3 is 2.68 bits per heavy atom. The number of nitrogens with zero attached hydrogens (tertiary/aromatic N) is 1. The van der Waals surface area contributed by atoms with Crippen LogP contribution in [-0.2, 0) is 5.75 Å². The van der Waals surface area contributed by atoms with Crippen LogP contribution in [0.4, 0.5) is 5.82 Å². The third-order valence-electron chi connectivity index (χ3n) is 3.01. The molecule has 0 bridgehead atoms. The van der Waals surface area contributed by atoms with Gasteiger partial charge < -0.3 is 5.73 Å². The number of hydrogen-bond donors (Lipinski definition) is 1. The molecule has 0 saturated carbocycles. The molecule has 0 saturated heterocycles. The minimum absolute atomic E-state index is 0.553. The molecule has 1 aromatic heterocycles. The second kappa shape index (κ2) is 8.90. The monoisotopic (exact) mass is 308 g/mol. The molecule has 0 fully saturated rings. The molecule has 22 heavy (non-hydrogen) atoms. The summed E-state index contributed by atoms with van der Waals surface area (Å²) in [6.45, 7) is 2.13. The highest BCUT2D eigenvalue weighted by Gasteiger charge is 1.93. The Balaban J connectivity index is 1.82. The van der Waals surface area contributed by atoms with E-state index < -0.39 is 0 Å². The molecule has 0 unspecified atom stereocenters. The highest BCUT2D eigenvalue weighted by molar-refractivity contribution is 8.02.